The predicted octanol–water partition coefficient (Wildman–Crippen LogP) is 6.16. The van der Waals surface area contributed by atoms with Crippen molar-refractivity contribution in [2.24, 2.45) is 0 Å². The van der Waals surface area contributed by atoms with Crippen LogP contribution in [0.15, 0.2) is 79.0 Å². The minimum atomic E-state index is -0.823. The second-order valence-electron chi connectivity index (χ2n) is 11.7. The van der Waals surface area contributed by atoms with E-state index >= 15 is 0 Å². The Morgan fingerprint density at radius 1 is 1.05 bits per heavy atom. The zero-order valence-electron chi connectivity index (χ0n) is 25.6. The summed E-state index contributed by atoms with van der Waals surface area (Å²) in [5.41, 5.74) is 4.82. The molecule has 226 valence electrons. The number of nitrogens with one attached hydrogen (secondary N) is 3. The molecule has 0 bridgehead atoms. The molecule has 5 rings (SSSR count). The van der Waals surface area contributed by atoms with Crippen molar-refractivity contribution in [3.8, 4) is 5.75 Å². The molecule has 3 aromatic carbocycles. The summed E-state index contributed by atoms with van der Waals surface area (Å²) in [6, 6.07) is 23.2. The standard InChI is InChI=1S/C35H43N5O3/c1-5-43-32-18-17-26(23-39(3)4)21-31(32)37-34(41)33(24(2)29-22-36-30-16-10-9-15-28(29)30)38-35(42)40-19-11-14-27(40)20-25-12-7-6-8-13-25/h6-10,12-13,15-18,21-22,24,27,33,36H,5,11,14,19-20,23H2,1-4H3,(H,37,41)(H,38,42)/t24-,27?,33+/m0/s1. The van der Waals surface area contributed by atoms with Crippen LogP contribution in [0.25, 0.3) is 10.9 Å². The van der Waals surface area contributed by atoms with Crippen LogP contribution in [0.3, 0.4) is 0 Å². The number of carbonyl (C=O) groups is 2. The number of carbonyl (C=O) groups excluding carboxylic acids is 2. The van der Waals surface area contributed by atoms with Crippen LogP contribution in [0.4, 0.5) is 10.5 Å². The van der Waals surface area contributed by atoms with Crippen molar-refractivity contribution in [3.05, 3.63) is 95.7 Å². The highest BCUT2D eigenvalue weighted by Gasteiger charge is 2.35. The number of benzene rings is 3. The van der Waals surface area contributed by atoms with E-state index < -0.39 is 6.04 Å². The van der Waals surface area contributed by atoms with Crippen LogP contribution in [0.5, 0.6) is 5.75 Å². The number of aromatic nitrogens is 1. The molecule has 3 N–H and O–H groups in total. The summed E-state index contributed by atoms with van der Waals surface area (Å²) < 4.78 is 5.87. The number of ether oxygens (including phenoxy) is 1. The number of anilines is 1. The van der Waals surface area contributed by atoms with Gasteiger partial charge in [-0.25, -0.2) is 4.79 Å². The largest absolute Gasteiger partial charge is 0.492 e. The summed E-state index contributed by atoms with van der Waals surface area (Å²) in [5.74, 6) is 0.00863. The summed E-state index contributed by atoms with van der Waals surface area (Å²) >= 11 is 0. The van der Waals surface area contributed by atoms with Gasteiger partial charge in [0.15, 0.2) is 0 Å². The second kappa shape index (κ2) is 13.8. The van der Waals surface area contributed by atoms with Gasteiger partial charge in [0.05, 0.1) is 12.3 Å². The highest BCUT2D eigenvalue weighted by Crippen LogP contribution is 2.31. The number of likely N-dealkylation sites (tertiary alicyclic amines) is 1. The van der Waals surface area contributed by atoms with Crippen molar-refractivity contribution in [1.29, 1.82) is 0 Å². The average molecular weight is 582 g/mol. The van der Waals surface area contributed by atoms with E-state index in [1.54, 1.807) is 0 Å². The first-order valence-corrected chi connectivity index (χ1v) is 15.2. The minimum absolute atomic E-state index is 0.0850. The Morgan fingerprint density at radius 2 is 1.81 bits per heavy atom. The Labute approximate surface area is 254 Å². The van der Waals surface area contributed by atoms with E-state index in [1.165, 1.54) is 5.56 Å². The summed E-state index contributed by atoms with van der Waals surface area (Å²) in [6.45, 7) is 5.78. The molecule has 1 saturated heterocycles. The van der Waals surface area contributed by atoms with Crippen LogP contribution in [0.2, 0.25) is 0 Å². The van der Waals surface area contributed by atoms with Gasteiger partial charge in [0, 0.05) is 42.1 Å². The average Bonchev–Trinajstić information content (AvgIpc) is 3.64. The summed E-state index contributed by atoms with van der Waals surface area (Å²) in [7, 11) is 4.01. The molecule has 0 saturated carbocycles. The molecule has 1 unspecified atom stereocenters. The molecular formula is C35H43N5O3. The van der Waals surface area contributed by atoms with Crippen LogP contribution in [0.1, 0.15) is 49.3 Å². The van der Waals surface area contributed by atoms with Gasteiger partial charge in [0.25, 0.3) is 0 Å². The number of hydrogen-bond donors (Lipinski definition) is 3. The number of fused-ring (bicyclic) bond motifs is 1. The second-order valence-corrected chi connectivity index (χ2v) is 11.7. The van der Waals surface area contributed by atoms with Gasteiger partial charge < -0.3 is 30.2 Å². The normalized spacial score (nSPS) is 16.3. The van der Waals surface area contributed by atoms with Crippen molar-refractivity contribution < 1.29 is 14.3 Å². The third kappa shape index (κ3) is 7.20. The Bertz CT molecular complexity index is 1530. The zero-order chi connectivity index (χ0) is 30.3. The molecule has 4 aromatic rings. The highest BCUT2D eigenvalue weighted by molar-refractivity contribution is 5.99. The monoisotopic (exact) mass is 581 g/mol. The van der Waals surface area contributed by atoms with Crippen molar-refractivity contribution >= 4 is 28.5 Å². The van der Waals surface area contributed by atoms with Gasteiger partial charge in [-0.3, -0.25) is 4.79 Å². The topological polar surface area (TPSA) is 89.7 Å². The van der Waals surface area contributed by atoms with E-state index in [4.69, 9.17) is 4.74 Å². The number of urea groups is 1. The zero-order valence-corrected chi connectivity index (χ0v) is 25.6. The fourth-order valence-electron chi connectivity index (χ4n) is 6.12. The van der Waals surface area contributed by atoms with E-state index in [1.807, 2.05) is 99.7 Å². The lowest BCUT2D eigenvalue weighted by Crippen LogP contribution is -2.53. The van der Waals surface area contributed by atoms with Crippen molar-refractivity contribution in [2.75, 3.05) is 32.6 Å². The van der Waals surface area contributed by atoms with E-state index in [0.717, 1.165) is 47.8 Å². The van der Waals surface area contributed by atoms with Crippen LogP contribution in [0, 0.1) is 0 Å². The van der Waals surface area contributed by atoms with E-state index in [0.29, 0.717) is 24.6 Å². The first-order chi connectivity index (χ1) is 20.8. The first kappa shape index (κ1) is 30.2. The lowest BCUT2D eigenvalue weighted by molar-refractivity contribution is -0.118. The number of hydrogen-bond acceptors (Lipinski definition) is 4. The molecule has 0 spiro atoms. The van der Waals surface area contributed by atoms with Crippen molar-refractivity contribution in [3.63, 3.8) is 0 Å². The predicted molar refractivity (Wildman–Crippen MR) is 173 cm³/mol. The van der Waals surface area contributed by atoms with E-state index in [-0.39, 0.29) is 23.9 Å². The third-order valence-electron chi connectivity index (χ3n) is 8.23. The molecule has 1 aromatic heterocycles. The van der Waals surface area contributed by atoms with Crippen LogP contribution in [-0.2, 0) is 17.8 Å². The maximum absolute atomic E-state index is 14.2. The molecule has 3 atom stereocenters. The van der Waals surface area contributed by atoms with E-state index in [2.05, 4.69) is 32.7 Å². The van der Waals surface area contributed by atoms with Gasteiger partial charge in [-0.05, 0) is 75.2 Å². The fourth-order valence-corrected chi connectivity index (χ4v) is 6.12. The Kier molecular flexibility index (Phi) is 9.67. The molecule has 43 heavy (non-hydrogen) atoms. The number of aromatic amines is 1. The molecule has 1 fully saturated rings. The molecule has 0 aliphatic carbocycles. The van der Waals surface area contributed by atoms with Crippen molar-refractivity contribution in [1.82, 2.24) is 20.1 Å². The first-order valence-electron chi connectivity index (χ1n) is 15.2. The molecule has 8 nitrogen and oxygen atoms in total. The lowest BCUT2D eigenvalue weighted by atomic mass is 9.92. The highest BCUT2D eigenvalue weighted by atomic mass is 16.5. The maximum atomic E-state index is 14.2. The van der Waals surface area contributed by atoms with Gasteiger partial charge in [0.2, 0.25) is 5.91 Å². The molecular weight excluding hydrogens is 538 g/mol. The number of H-pyrrole nitrogens is 1. The molecule has 1 aliphatic rings. The van der Waals surface area contributed by atoms with Gasteiger partial charge in [-0.2, -0.15) is 0 Å². The smallest absolute Gasteiger partial charge is 0.318 e. The van der Waals surface area contributed by atoms with Crippen LogP contribution < -0.4 is 15.4 Å². The summed E-state index contributed by atoms with van der Waals surface area (Å²) in [5, 5.41) is 7.31. The molecule has 8 heteroatoms. The summed E-state index contributed by atoms with van der Waals surface area (Å²) in [4.78, 5) is 35.4. The quantitative estimate of drug-likeness (QED) is 0.198. The van der Waals surface area contributed by atoms with Crippen LogP contribution in [-0.4, -0.2) is 66.1 Å². The fraction of sp³-hybridized carbons (Fsp3) is 0.371. The minimum Gasteiger partial charge on any atom is -0.492 e. The summed E-state index contributed by atoms with van der Waals surface area (Å²) in [6.07, 6.45) is 4.61. The van der Waals surface area contributed by atoms with Gasteiger partial charge >= 0.3 is 6.03 Å². The van der Waals surface area contributed by atoms with Gasteiger partial charge in [0.1, 0.15) is 11.8 Å². The third-order valence-corrected chi connectivity index (χ3v) is 8.23. The number of para-hydroxylation sites is 1. The van der Waals surface area contributed by atoms with Crippen molar-refractivity contribution in [2.45, 2.75) is 57.7 Å². The molecule has 3 amide bonds. The molecule has 2 heterocycles. The lowest BCUT2D eigenvalue weighted by Gasteiger charge is -2.30. The maximum Gasteiger partial charge on any atom is 0.318 e. The van der Waals surface area contributed by atoms with Crippen LogP contribution >= 0.6 is 0 Å². The Hall–Kier alpha value is -4.30. The van der Waals surface area contributed by atoms with Gasteiger partial charge in [-0.1, -0.05) is 61.5 Å². The van der Waals surface area contributed by atoms with E-state index in [9.17, 15) is 9.59 Å². The number of rotatable bonds is 11. The van der Waals surface area contributed by atoms with Gasteiger partial charge in [-0.15, -0.1) is 0 Å². The molecule has 1 aliphatic heterocycles. The number of amides is 3. The number of nitrogens with zero attached hydrogens (tertiary/aromatic N) is 2. The SMILES string of the molecule is CCOc1ccc(CN(C)C)cc1NC(=O)[C@H](NC(=O)N1CCCC1Cc1ccccc1)[C@@H](C)c1c[nH]c2ccccc12. The Balaban J connectivity index is 1.43. The molecule has 0 radical (unpaired) electrons. The Morgan fingerprint density at radius 3 is 2.58 bits per heavy atom.